The molecule has 0 aromatic heterocycles. The first kappa shape index (κ1) is 32.2. The SMILES string of the molecule is CCCCCCCCCCCCCCCC(=O)NSCCCCCC(=O)NCCCCON. The minimum Gasteiger partial charge on any atom is -0.356 e. The minimum atomic E-state index is 0.113. The van der Waals surface area contributed by atoms with Crippen LogP contribution in [0, 0.1) is 0 Å². The van der Waals surface area contributed by atoms with E-state index in [1.807, 2.05) is 0 Å². The van der Waals surface area contributed by atoms with E-state index in [4.69, 9.17) is 5.90 Å². The molecule has 0 heterocycles. The second-order valence-corrected chi connectivity index (χ2v) is 10.0. The van der Waals surface area contributed by atoms with Crippen molar-refractivity contribution in [2.45, 2.75) is 135 Å². The Morgan fingerprint density at radius 3 is 1.76 bits per heavy atom. The Kier molecular flexibility index (Phi) is 26.8. The second kappa shape index (κ2) is 27.5. The van der Waals surface area contributed by atoms with Crippen molar-refractivity contribution < 1.29 is 14.4 Å². The highest BCUT2D eigenvalue weighted by molar-refractivity contribution is 7.97. The zero-order chi connectivity index (χ0) is 24.2. The Balaban J connectivity index is 3.24. The molecule has 0 aliphatic carbocycles. The molecule has 196 valence electrons. The lowest BCUT2D eigenvalue weighted by atomic mass is 10.0. The van der Waals surface area contributed by atoms with Gasteiger partial charge in [-0.2, -0.15) is 0 Å². The van der Waals surface area contributed by atoms with Gasteiger partial charge in [-0.25, -0.2) is 5.90 Å². The van der Waals surface area contributed by atoms with Gasteiger partial charge in [-0.15, -0.1) is 0 Å². The molecule has 0 saturated carbocycles. The van der Waals surface area contributed by atoms with Crippen molar-refractivity contribution in [3.05, 3.63) is 0 Å². The lowest BCUT2D eigenvalue weighted by molar-refractivity contribution is -0.121. The van der Waals surface area contributed by atoms with Gasteiger partial charge in [-0.05, 0) is 32.1 Å². The number of nitrogens with one attached hydrogen (secondary N) is 2. The number of unbranched alkanes of at least 4 members (excludes halogenated alkanes) is 15. The van der Waals surface area contributed by atoms with E-state index in [0.29, 0.717) is 26.0 Å². The fourth-order valence-corrected chi connectivity index (χ4v) is 4.46. The van der Waals surface area contributed by atoms with Gasteiger partial charge in [0, 0.05) is 25.1 Å². The predicted molar refractivity (Wildman–Crippen MR) is 142 cm³/mol. The van der Waals surface area contributed by atoms with Gasteiger partial charge in [-0.1, -0.05) is 102 Å². The van der Waals surface area contributed by atoms with Crippen molar-refractivity contribution in [3.63, 3.8) is 0 Å². The molecule has 0 saturated heterocycles. The summed E-state index contributed by atoms with van der Waals surface area (Å²) in [5.41, 5.74) is 0. The molecular formula is C26H53N3O3S. The Bertz CT molecular complexity index is 439. The molecular weight excluding hydrogens is 434 g/mol. The predicted octanol–water partition coefficient (Wildman–Crippen LogP) is 6.58. The van der Waals surface area contributed by atoms with Crippen LogP contribution in [-0.4, -0.2) is 30.7 Å². The first-order valence-corrected chi connectivity index (χ1v) is 14.7. The molecule has 0 aliphatic heterocycles. The molecule has 7 heteroatoms. The Morgan fingerprint density at radius 2 is 1.18 bits per heavy atom. The van der Waals surface area contributed by atoms with E-state index >= 15 is 0 Å². The highest BCUT2D eigenvalue weighted by Crippen LogP contribution is 2.13. The van der Waals surface area contributed by atoms with Crippen LogP contribution in [0.4, 0.5) is 0 Å². The van der Waals surface area contributed by atoms with Crippen molar-refractivity contribution in [2.75, 3.05) is 18.9 Å². The van der Waals surface area contributed by atoms with Crippen molar-refractivity contribution in [2.24, 2.45) is 5.90 Å². The lowest BCUT2D eigenvalue weighted by Crippen LogP contribution is -2.24. The number of amides is 2. The topological polar surface area (TPSA) is 93.5 Å². The first-order chi connectivity index (χ1) is 16.2. The average Bonchev–Trinajstić information content (AvgIpc) is 2.81. The summed E-state index contributed by atoms with van der Waals surface area (Å²) >= 11 is 1.50. The molecule has 0 aromatic carbocycles. The van der Waals surface area contributed by atoms with Gasteiger partial charge in [0.15, 0.2) is 0 Å². The fraction of sp³-hybridized carbons (Fsp3) is 0.923. The van der Waals surface area contributed by atoms with Crippen LogP contribution >= 0.6 is 11.9 Å². The van der Waals surface area contributed by atoms with Gasteiger partial charge in [0.05, 0.1) is 6.61 Å². The molecule has 0 aliphatic rings. The molecule has 6 nitrogen and oxygen atoms in total. The molecule has 0 spiro atoms. The maximum atomic E-state index is 11.9. The summed E-state index contributed by atoms with van der Waals surface area (Å²) in [4.78, 5) is 28.1. The summed E-state index contributed by atoms with van der Waals surface area (Å²) in [5.74, 6) is 6.13. The number of hydrogen-bond acceptors (Lipinski definition) is 5. The summed E-state index contributed by atoms with van der Waals surface area (Å²) in [6.07, 6.45) is 23.1. The zero-order valence-electron chi connectivity index (χ0n) is 21.5. The van der Waals surface area contributed by atoms with Gasteiger partial charge < -0.3 is 14.9 Å². The van der Waals surface area contributed by atoms with E-state index in [-0.39, 0.29) is 11.8 Å². The molecule has 0 atom stereocenters. The molecule has 2 amide bonds. The Hall–Kier alpha value is -0.790. The molecule has 33 heavy (non-hydrogen) atoms. The minimum absolute atomic E-state index is 0.113. The average molecular weight is 488 g/mol. The van der Waals surface area contributed by atoms with Crippen LogP contribution in [0.15, 0.2) is 0 Å². The normalized spacial score (nSPS) is 11.0. The van der Waals surface area contributed by atoms with E-state index < -0.39 is 0 Å². The van der Waals surface area contributed by atoms with Gasteiger partial charge in [0.2, 0.25) is 11.8 Å². The van der Waals surface area contributed by atoms with E-state index in [1.54, 1.807) is 0 Å². The zero-order valence-corrected chi connectivity index (χ0v) is 22.3. The number of carbonyl (C=O) groups is 2. The van der Waals surface area contributed by atoms with Crippen molar-refractivity contribution >= 4 is 23.8 Å². The molecule has 0 fully saturated rings. The van der Waals surface area contributed by atoms with Crippen LogP contribution in [0.2, 0.25) is 0 Å². The third-order valence-electron chi connectivity index (χ3n) is 5.85. The van der Waals surface area contributed by atoms with Gasteiger partial charge in [-0.3, -0.25) is 9.59 Å². The molecule has 0 rings (SSSR count). The van der Waals surface area contributed by atoms with E-state index in [9.17, 15) is 9.59 Å². The third-order valence-corrected chi connectivity index (χ3v) is 6.72. The van der Waals surface area contributed by atoms with Crippen LogP contribution in [0.5, 0.6) is 0 Å². The van der Waals surface area contributed by atoms with E-state index in [1.165, 1.54) is 82.6 Å². The fourth-order valence-electron chi connectivity index (χ4n) is 3.75. The maximum Gasteiger partial charge on any atom is 0.229 e. The quantitative estimate of drug-likeness (QED) is 0.0728. The maximum absolute atomic E-state index is 11.9. The largest absolute Gasteiger partial charge is 0.356 e. The number of nitrogens with two attached hydrogens (primary N) is 1. The molecule has 0 radical (unpaired) electrons. The first-order valence-electron chi connectivity index (χ1n) is 13.7. The van der Waals surface area contributed by atoms with Gasteiger partial charge >= 0.3 is 0 Å². The highest BCUT2D eigenvalue weighted by atomic mass is 32.2. The van der Waals surface area contributed by atoms with Gasteiger partial charge in [0.25, 0.3) is 0 Å². The molecule has 4 N–H and O–H groups in total. The standard InChI is InChI=1S/C26H53N3O3S/c1-2-3-4-5-6-7-8-9-10-11-12-13-15-21-26(31)29-33-24-19-14-16-20-25(30)28-22-17-18-23-32-27/h2-24,27H2,1H3,(H,28,30)(H,29,31). The summed E-state index contributed by atoms with van der Waals surface area (Å²) in [7, 11) is 0. The lowest BCUT2D eigenvalue weighted by Gasteiger charge is -2.06. The van der Waals surface area contributed by atoms with Crippen molar-refractivity contribution in [1.82, 2.24) is 10.0 Å². The number of carbonyl (C=O) groups excluding carboxylic acids is 2. The summed E-state index contributed by atoms with van der Waals surface area (Å²) in [5, 5.41) is 2.91. The van der Waals surface area contributed by atoms with Crippen LogP contribution in [0.3, 0.4) is 0 Å². The summed E-state index contributed by atoms with van der Waals surface area (Å²) in [6.45, 7) is 3.48. The summed E-state index contributed by atoms with van der Waals surface area (Å²) < 4.78 is 2.95. The van der Waals surface area contributed by atoms with Crippen molar-refractivity contribution in [3.8, 4) is 0 Å². The van der Waals surface area contributed by atoms with E-state index in [2.05, 4.69) is 21.8 Å². The third kappa shape index (κ3) is 27.3. The monoisotopic (exact) mass is 487 g/mol. The summed E-state index contributed by atoms with van der Waals surface area (Å²) in [6, 6.07) is 0. The van der Waals surface area contributed by atoms with Gasteiger partial charge in [0.1, 0.15) is 0 Å². The molecule has 0 aromatic rings. The second-order valence-electron chi connectivity index (χ2n) is 9.10. The Morgan fingerprint density at radius 1 is 0.667 bits per heavy atom. The smallest absolute Gasteiger partial charge is 0.229 e. The molecule has 0 unspecified atom stereocenters. The van der Waals surface area contributed by atoms with Crippen LogP contribution in [-0.2, 0) is 14.4 Å². The Labute approximate surface area is 208 Å². The number of hydrogen-bond donors (Lipinski definition) is 3. The van der Waals surface area contributed by atoms with Crippen molar-refractivity contribution in [1.29, 1.82) is 0 Å². The van der Waals surface area contributed by atoms with Crippen LogP contribution in [0.1, 0.15) is 135 Å². The number of rotatable bonds is 26. The molecule has 0 bridgehead atoms. The van der Waals surface area contributed by atoms with E-state index in [0.717, 1.165) is 50.7 Å². The highest BCUT2D eigenvalue weighted by Gasteiger charge is 2.03. The van der Waals surface area contributed by atoms with Crippen LogP contribution < -0.4 is 15.9 Å². The van der Waals surface area contributed by atoms with Crippen LogP contribution in [0.25, 0.3) is 0 Å².